The first kappa shape index (κ1) is 21.1. The largest absolute Gasteiger partial charge is 0.494 e. The van der Waals surface area contributed by atoms with Gasteiger partial charge in [0, 0.05) is 29.6 Å². The van der Waals surface area contributed by atoms with E-state index in [9.17, 15) is 13.2 Å². The summed E-state index contributed by atoms with van der Waals surface area (Å²) < 4.78 is 32.9. The summed E-state index contributed by atoms with van der Waals surface area (Å²) in [5.74, 6) is -0.0929. The molecule has 156 valence electrons. The summed E-state index contributed by atoms with van der Waals surface area (Å²) >= 11 is 0. The highest BCUT2D eigenvalue weighted by atomic mass is 32.2. The minimum atomic E-state index is -3.43. The molecule has 0 radical (unpaired) electrons. The Balaban J connectivity index is 1.67. The van der Waals surface area contributed by atoms with Crippen molar-refractivity contribution < 1.29 is 17.9 Å². The Kier molecular flexibility index (Phi) is 6.53. The maximum absolute atomic E-state index is 12.2. The van der Waals surface area contributed by atoms with E-state index in [1.165, 1.54) is 19.3 Å². The molecule has 1 aromatic heterocycles. The van der Waals surface area contributed by atoms with Crippen LogP contribution in [0.2, 0.25) is 0 Å². The molecule has 8 nitrogen and oxygen atoms in total. The van der Waals surface area contributed by atoms with Crippen LogP contribution < -0.4 is 14.8 Å². The maximum atomic E-state index is 12.2. The van der Waals surface area contributed by atoms with Crippen LogP contribution in [0.15, 0.2) is 67.0 Å². The Labute approximate surface area is 175 Å². The van der Waals surface area contributed by atoms with Crippen molar-refractivity contribution in [1.29, 1.82) is 0 Å². The van der Waals surface area contributed by atoms with Gasteiger partial charge in [0.1, 0.15) is 5.75 Å². The number of nitrogens with zero attached hydrogens (tertiary/aromatic N) is 2. The lowest BCUT2D eigenvalue weighted by atomic mass is 10.2. The molecule has 0 fully saturated rings. The fraction of sp³-hybridized carbons (Fsp3) is 0.143. The van der Waals surface area contributed by atoms with Crippen LogP contribution in [-0.4, -0.2) is 37.0 Å². The number of ether oxygens (including phenoxy) is 1. The number of anilines is 2. The molecule has 0 aliphatic carbocycles. The number of para-hydroxylation sites is 1. The molecular formula is C21H22N4O4S. The summed E-state index contributed by atoms with van der Waals surface area (Å²) in [6.45, 7) is 1.54. The Morgan fingerprint density at radius 2 is 1.97 bits per heavy atom. The van der Waals surface area contributed by atoms with Gasteiger partial charge in [-0.05, 0) is 37.3 Å². The molecule has 1 heterocycles. The Bertz CT molecular complexity index is 1150. The van der Waals surface area contributed by atoms with Gasteiger partial charge in [-0.25, -0.2) is 13.1 Å². The summed E-state index contributed by atoms with van der Waals surface area (Å²) in [6, 6.07) is 14.3. The number of carbonyl (C=O) groups excluding carboxylic acids is 1. The molecule has 0 saturated carbocycles. The number of carbonyl (C=O) groups is 1. The SMILES string of the molecule is CCS(=O)(=O)Nc1ccc(NC(=O)C=Cc2cnn(-c3ccccc3)c2)cc1OC. The van der Waals surface area contributed by atoms with E-state index in [1.807, 2.05) is 36.5 Å². The molecule has 0 bridgehead atoms. The maximum Gasteiger partial charge on any atom is 0.248 e. The molecule has 0 spiro atoms. The molecule has 0 aliphatic heterocycles. The third-order valence-electron chi connectivity index (χ3n) is 4.17. The fourth-order valence-corrected chi connectivity index (χ4v) is 3.24. The van der Waals surface area contributed by atoms with E-state index < -0.39 is 10.0 Å². The molecule has 0 unspecified atom stereocenters. The normalized spacial score (nSPS) is 11.4. The molecule has 0 atom stereocenters. The van der Waals surface area contributed by atoms with Gasteiger partial charge in [-0.3, -0.25) is 9.52 Å². The third kappa shape index (κ3) is 5.48. The first-order valence-corrected chi connectivity index (χ1v) is 10.8. The number of sulfonamides is 1. The van der Waals surface area contributed by atoms with Gasteiger partial charge < -0.3 is 10.1 Å². The molecular weight excluding hydrogens is 404 g/mol. The molecule has 0 aliphatic rings. The lowest BCUT2D eigenvalue weighted by Crippen LogP contribution is -2.15. The van der Waals surface area contributed by atoms with Crippen molar-refractivity contribution >= 4 is 33.4 Å². The lowest BCUT2D eigenvalue weighted by molar-refractivity contribution is -0.111. The van der Waals surface area contributed by atoms with Crippen molar-refractivity contribution in [3.8, 4) is 11.4 Å². The van der Waals surface area contributed by atoms with Gasteiger partial charge in [0.15, 0.2) is 0 Å². The van der Waals surface area contributed by atoms with E-state index in [1.54, 1.807) is 36.0 Å². The molecule has 3 aromatic rings. The summed E-state index contributed by atoms with van der Waals surface area (Å²) in [4.78, 5) is 12.2. The van der Waals surface area contributed by atoms with Gasteiger partial charge in [0.25, 0.3) is 0 Å². The number of aromatic nitrogens is 2. The predicted molar refractivity (Wildman–Crippen MR) is 117 cm³/mol. The molecule has 9 heteroatoms. The standard InChI is InChI=1S/C21H22N4O4S/c1-3-30(27,28)24-19-11-10-17(13-20(19)29-2)23-21(26)12-9-16-14-22-25(15-16)18-7-5-4-6-8-18/h4-15,24H,3H2,1-2H3,(H,23,26). The van der Waals surface area contributed by atoms with E-state index in [4.69, 9.17) is 4.74 Å². The van der Waals surface area contributed by atoms with Crippen LogP contribution in [0, 0.1) is 0 Å². The zero-order chi connectivity index (χ0) is 21.6. The van der Waals surface area contributed by atoms with E-state index in [2.05, 4.69) is 15.1 Å². The monoisotopic (exact) mass is 426 g/mol. The van der Waals surface area contributed by atoms with Crippen molar-refractivity contribution in [3.63, 3.8) is 0 Å². The van der Waals surface area contributed by atoms with Crippen LogP contribution >= 0.6 is 0 Å². The first-order chi connectivity index (χ1) is 14.4. The van der Waals surface area contributed by atoms with E-state index in [0.29, 0.717) is 17.1 Å². The predicted octanol–water partition coefficient (Wildman–Crippen LogP) is 3.29. The van der Waals surface area contributed by atoms with Crippen molar-refractivity contribution in [2.24, 2.45) is 0 Å². The number of hydrogen-bond donors (Lipinski definition) is 2. The number of hydrogen-bond acceptors (Lipinski definition) is 5. The summed E-state index contributed by atoms with van der Waals surface area (Å²) in [5, 5.41) is 7.00. The molecule has 30 heavy (non-hydrogen) atoms. The van der Waals surface area contributed by atoms with Crippen LogP contribution in [0.5, 0.6) is 5.75 Å². The first-order valence-electron chi connectivity index (χ1n) is 9.18. The average Bonchev–Trinajstić information content (AvgIpc) is 3.23. The number of rotatable bonds is 8. The van der Waals surface area contributed by atoms with Crippen molar-refractivity contribution in [3.05, 3.63) is 72.6 Å². The van der Waals surface area contributed by atoms with Gasteiger partial charge in [-0.2, -0.15) is 5.10 Å². The summed E-state index contributed by atoms with van der Waals surface area (Å²) in [7, 11) is -2.01. The zero-order valence-electron chi connectivity index (χ0n) is 16.6. The second-order valence-electron chi connectivity index (χ2n) is 6.30. The van der Waals surface area contributed by atoms with Crippen LogP contribution in [0.4, 0.5) is 11.4 Å². The van der Waals surface area contributed by atoms with Crippen LogP contribution in [0.25, 0.3) is 11.8 Å². The Morgan fingerprint density at radius 3 is 2.67 bits per heavy atom. The van der Waals surface area contributed by atoms with Gasteiger partial charge >= 0.3 is 0 Å². The summed E-state index contributed by atoms with van der Waals surface area (Å²) in [6.07, 6.45) is 6.53. The molecule has 3 rings (SSSR count). The van der Waals surface area contributed by atoms with Gasteiger partial charge in [-0.15, -0.1) is 0 Å². The van der Waals surface area contributed by atoms with E-state index >= 15 is 0 Å². The molecule has 2 aromatic carbocycles. The lowest BCUT2D eigenvalue weighted by Gasteiger charge is -2.12. The Hall–Kier alpha value is -3.59. The van der Waals surface area contributed by atoms with Crippen molar-refractivity contribution in [2.45, 2.75) is 6.92 Å². The Morgan fingerprint density at radius 1 is 1.20 bits per heavy atom. The minimum Gasteiger partial charge on any atom is -0.494 e. The van der Waals surface area contributed by atoms with Crippen LogP contribution in [0.3, 0.4) is 0 Å². The number of methoxy groups -OCH3 is 1. The minimum absolute atomic E-state index is 0.0553. The number of benzene rings is 2. The van der Waals surface area contributed by atoms with Gasteiger partial charge in [0.2, 0.25) is 15.9 Å². The van der Waals surface area contributed by atoms with Crippen molar-refractivity contribution in [1.82, 2.24) is 9.78 Å². The molecule has 1 amide bonds. The van der Waals surface area contributed by atoms with Crippen LogP contribution in [0.1, 0.15) is 12.5 Å². The van der Waals surface area contributed by atoms with Gasteiger partial charge in [0.05, 0.1) is 30.4 Å². The van der Waals surface area contributed by atoms with Gasteiger partial charge in [-0.1, -0.05) is 18.2 Å². The zero-order valence-corrected chi connectivity index (χ0v) is 17.4. The summed E-state index contributed by atoms with van der Waals surface area (Å²) in [5.41, 5.74) is 2.48. The smallest absolute Gasteiger partial charge is 0.248 e. The average molecular weight is 426 g/mol. The number of nitrogens with one attached hydrogen (secondary N) is 2. The number of amides is 1. The highest BCUT2D eigenvalue weighted by molar-refractivity contribution is 7.92. The third-order valence-corrected chi connectivity index (χ3v) is 5.46. The fourth-order valence-electron chi connectivity index (χ4n) is 2.59. The van der Waals surface area contributed by atoms with E-state index in [-0.39, 0.29) is 11.7 Å². The van der Waals surface area contributed by atoms with E-state index in [0.717, 1.165) is 11.3 Å². The highest BCUT2D eigenvalue weighted by Crippen LogP contribution is 2.28. The molecule has 0 saturated heterocycles. The molecule has 2 N–H and O–H groups in total. The van der Waals surface area contributed by atoms with Crippen LogP contribution in [-0.2, 0) is 14.8 Å². The second-order valence-corrected chi connectivity index (χ2v) is 8.31. The second kappa shape index (κ2) is 9.27. The quantitative estimate of drug-likeness (QED) is 0.538. The van der Waals surface area contributed by atoms with Crippen molar-refractivity contribution in [2.75, 3.05) is 22.9 Å². The topological polar surface area (TPSA) is 102 Å². The highest BCUT2D eigenvalue weighted by Gasteiger charge is 2.12.